The van der Waals surface area contributed by atoms with Crippen molar-refractivity contribution in [1.82, 2.24) is 15.5 Å². The van der Waals surface area contributed by atoms with Crippen LogP contribution in [-0.2, 0) is 24.0 Å². The van der Waals surface area contributed by atoms with E-state index in [1.54, 1.807) is 0 Å². The van der Waals surface area contributed by atoms with Gasteiger partial charge in [0.2, 0.25) is 17.7 Å². The number of hydrogen-bond donors (Lipinski definition) is 4. The number of unbranched alkanes of at least 4 members (excludes halogenated alkanes) is 13. The molecule has 0 saturated heterocycles. The normalized spacial score (nSPS) is 10.7. The minimum absolute atomic E-state index is 0.0199. The molecule has 0 bridgehead atoms. The third-order valence-electron chi connectivity index (χ3n) is 6.21. The summed E-state index contributed by atoms with van der Waals surface area (Å²) in [6, 6.07) is 0. The molecule has 0 heterocycles. The maximum Gasteiger partial charge on any atom is 0.323 e. The largest absolute Gasteiger partial charge is 0.481 e. The smallest absolute Gasteiger partial charge is 0.323 e. The molecule has 4 N–H and O–H groups in total. The van der Waals surface area contributed by atoms with E-state index in [1.165, 1.54) is 49.8 Å². The van der Waals surface area contributed by atoms with Crippen molar-refractivity contribution in [2.45, 2.75) is 109 Å². The molecule has 0 unspecified atom stereocenters. The monoisotopic (exact) mass is 653 g/mol. The summed E-state index contributed by atoms with van der Waals surface area (Å²) in [4.78, 5) is 58.4. The lowest BCUT2D eigenvalue weighted by Crippen LogP contribution is -2.40. The molecule has 0 rings (SSSR count). The van der Waals surface area contributed by atoms with Crippen LogP contribution in [0.2, 0.25) is 0 Å². The topological polar surface area (TPSA) is 153 Å². The SMILES string of the molecule is O=C(O)CCCCCCCCCCCCCCCCC(=O)N(CCC(=O)NCCNC(=O)CI)CC(=O)O. The highest BCUT2D eigenvalue weighted by Crippen LogP contribution is 2.14. The number of amides is 3. The van der Waals surface area contributed by atoms with Crippen LogP contribution in [0.1, 0.15) is 109 Å². The van der Waals surface area contributed by atoms with Crippen molar-refractivity contribution in [2.24, 2.45) is 0 Å². The summed E-state index contributed by atoms with van der Waals surface area (Å²) in [5.41, 5.74) is 0. The zero-order valence-electron chi connectivity index (χ0n) is 22.8. The Hall–Kier alpha value is -1.92. The third-order valence-corrected chi connectivity index (χ3v) is 6.90. The van der Waals surface area contributed by atoms with Crippen LogP contribution < -0.4 is 10.6 Å². The van der Waals surface area contributed by atoms with Crippen LogP contribution in [0, 0.1) is 0 Å². The Balaban J connectivity index is 3.78. The zero-order chi connectivity index (χ0) is 28.4. The number of carbonyl (C=O) groups is 5. The second kappa shape index (κ2) is 25.4. The Morgan fingerprint density at radius 1 is 0.553 bits per heavy atom. The van der Waals surface area contributed by atoms with Crippen molar-refractivity contribution >= 4 is 52.3 Å². The van der Waals surface area contributed by atoms with Crippen LogP contribution in [0.5, 0.6) is 0 Å². The minimum atomic E-state index is -1.10. The lowest BCUT2D eigenvalue weighted by atomic mass is 10.0. The molecule has 0 radical (unpaired) electrons. The number of alkyl halides is 1. The van der Waals surface area contributed by atoms with Crippen LogP contribution in [0.25, 0.3) is 0 Å². The Morgan fingerprint density at radius 2 is 0.974 bits per heavy atom. The van der Waals surface area contributed by atoms with Crippen LogP contribution in [0.4, 0.5) is 0 Å². The van der Waals surface area contributed by atoms with Gasteiger partial charge >= 0.3 is 11.9 Å². The van der Waals surface area contributed by atoms with Gasteiger partial charge in [-0.1, -0.05) is 99.6 Å². The van der Waals surface area contributed by atoms with Gasteiger partial charge in [0.1, 0.15) is 6.54 Å². The van der Waals surface area contributed by atoms with Crippen LogP contribution in [0.3, 0.4) is 0 Å². The molecule has 220 valence electrons. The molecule has 10 nitrogen and oxygen atoms in total. The van der Waals surface area contributed by atoms with Crippen LogP contribution >= 0.6 is 22.6 Å². The van der Waals surface area contributed by atoms with Crippen molar-refractivity contribution in [1.29, 1.82) is 0 Å². The van der Waals surface area contributed by atoms with Gasteiger partial charge in [0.25, 0.3) is 0 Å². The van der Waals surface area contributed by atoms with Gasteiger partial charge in [0, 0.05) is 38.9 Å². The number of nitrogens with one attached hydrogen (secondary N) is 2. The first-order valence-corrected chi connectivity index (χ1v) is 15.6. The fourth-order valence-electron chi connectivity index (χ4n) is 4.06. The zero-order valence-corrected chi connectivity index (χ0v) is 25.0. The molecule has 0 atom stereocenters. The molecule has 0 fully saturated rings. The Kier molecular flexibility index (Phi) is 24.1. The second-order valence-electron chi connectivity index (χ2n) is 9.64. The third kappa shape index (κ3) is 24.4. The lowest BCUT2D eigenvalue weighted by molar-refractivity contribution is -0.145. The summed E-state index contributed by atoms with van der Waals surface area (Å²) in [6.07, 6.45) is 15.9. The van der Waals surface area contributed by atoms with E-state index in [0.717, 1.165) is 38.5 Å². The average molecular weight is 654 g/mol. The molecule has 0 spiro atoms. The number of halogens is 1. The molecular formula is C27H48IN3O7. The van der Waals surface area contributed by atoms with Gasteiger partial charge in [-0.25, -0.2) is 0 Å². The number of nitrogens with zero attached hydrogens (tertiary/aromatic N) is 1. The van der Waals surface area contributed by atoms with Gasteiger partial charge in [-0.05, 0) is 12.8 Å². The quantitative estimate of drug-likeness (QED) is 0.0618. The predicted molar refractivity (Wildman–Crippen MR) is 155 cm³/mol. The average Bonchev–Trinajstić information content (AvgIpc) is 2.87. The van der Waals surface area contributed by atoms with Crippen molar-refractivity contribution < 1.29 is 34.2 Å². The first kappa shape index (κ1) is 36.1. The van der Waals surface area contributed by atoms with E-state index in [2.05, 4.69) is 10.6 Å². The summed E-state index contributed by atoms with van der Waals surface area (Å²) in [7, 11) is 0. The van der Waals surface area contributed by atoms with E-state index in [9.17, 15) is 24.0 Å². The molecule has 0 aliphatic carbocycles. The van der Waals surface area contributed by atoms with Crippen molar-refractivity contribution in [3.63, 3.8) is 0 Å². The molecule has 3 amide bonds. The molecular weight excluding hydrogens is 605 g/mol. The number of carboxylic acids is 2. The number of carbonyl (C=O) groups excluding carboxylic acids is 3. The van der Waals surface area contributed by atoms with Gasteiger partial charge in [0.15, 0.2) is 0 Å². The summed E-state index contributed by atoms with van der Waals surface area (Å²) >= 11 is 1.95. The molecule has 0 aliphatic rings. The Morgan fingerprint density at radius 3 is 1.39 bits per heavy atom. The van der Waals surface area contributed by atoms with Crippen molar-refractivity contribution in [2.75, 3.05) is 30.6 Å². The first-order chi connectivity index (χ1) is 18.3. The van der Waals surface area contributed by atoms with Gasteiger partial charge in [-0.3, -0.25) is 24.0 Å². The lowest BCUT2D eigenvalue weighted by Gasteiger charge is -2.20. The number of carboxylic acid groups (broad SMARTS) is 2. The van der Waals surface area contributed by atoms with E-state index in [4.69, 9.17) is 10.2 Å². The highest BCUT2D eigenvalue weighted by atomic mass is 127. The van der Waals surface area contributed by atoms with Gasteiger partial charge < -0.3 is 25.7 Å². The summed E-state index contributed by atoms with van der Waals surface area (Å²) in [5.74, 6) is -2.44. The standard InChI is InChI=1S/C27H48IN3O7/c28-21-24(33)30-19-18-29-23(32)17-20-31(22-27(37)38)25(34)15-13-11-9-7-5-3-1-2-4-6-8-10-12-14-16-26(35)36/h1-22H2,(H,29,32)(H,30,33)(H,35,36)(H,37,38). The maximum atomic E-state index is 12.5. The minimum Gasteiger partial charge on any atom is -0.481 e. The summed E-state index contributed by atoms with van der Waals surface area (Å²) in [6.45, 7) is 0.250. The number of hydrogen-bond acceptors (Lipinski definition) is 5. The van der Waals surface area contributed by atoms with Crippen molar-refractivity contribution in [3.05, 3.63) is 0 Å². The highest BCUT2D eigenvalue weighted by Gasteiger charge is 2.17. The first-order valence-electron chi connectivity index (χ1n) is 14.1. The van der Waals surface area contributed by atoms with E-state index in [-0.39, 0.29) is 50.1 Å². The fraction of sp³-hybridized carbons (Fsp3) is 0.815. The van der Waals surface area contributed by atoms with E-state index in [1.807, 2.05) is 22.6 Å². The van der Waals surface area contributed by atoms with Gasteiger partial charge in [0.05, 0.1) is 4.43 Å². The van der Waals surface area contributed by atoms with E-state index >= 15 is 0 Å². The number of rotatable bonds is 26. The van der Waals surface area contributed by atoms with Gasteiger partial charge in [-0.15, -0.1) is 0 Å². The highest BCUT2D eigenvalue weighted by molar-refractivity contribution is 14.1. The number of aliphatic carboxylic acids is 2. The predicted octanol–water partition coefficient (Wildman–Crippen LogP) is 4.28. The molecule has 0 aromatic rings. The summed E-state index contributed by atoms with van der Waals surface area (Å²) in [5, 5.41) is 23.0. The van der Waals surface area contributed by atoms with E-state index < -0.39 is 18.5 Å². The second-order valence-corrected chi connectivity index (χ2v) is 10.4. The molecule has 38 heavy (non-hydrogen) atoms. The van der Waals surface area contributed by atoms with E-state index in [0.29, 0.717) is 17.4 Å². The molecule has 0 aromatic heterocycles. The Bertz CT molecular complexity index is 692. The summed E-state index contributed by atoms with van der Waals surface area (Å²) < 4.78 is 0.347. The molecule has 0 aliphatic heterocycles. The van der Waals surface area contributed by atoms with Crippen molar-refractivity contribution in [3.8, 4) is 0 Å². The molecule has 0 saturated carbocycles. The van der Waals surface area contributed by atoms with Crippen LogP contribution in [0.15, 0.2) is 0 Å². The van der Waals surface area contributed by atoms with Crippen LogP contribution in [-0.4, -0.2) is 75.4 Å². The maximum absolute atomic E-state index is 12.5. The molecule has 0 aromatic carbocycles. The Labute approximate surface area is 241 Å². The van der Waals surface area contributed by atoms with Gasteiger partial charge in [-0.2, -0.15) is 0 Å². The fourth-order valence-corrected chi connectivity index (χ4v) is 4.33. The molecule has 11 heteroatoms.